The van der Waals surface area contributed by atoms with E-state index in [0.29, 0.717) is 17.9 Å². The summed E-state index contributed by atoms with van der Waals surface area (Å²) in [5.41, 5.74) is 4.03. The van der Waals surface area contributed by atoms with Gasteiger partial charge in [-0.2, -0.15) is 0 Å². The zero-order chi connectivity index (χ0) is 15.5. The van der Waals surface area contributed by atoms with Gasteiger partial charge in [0.1, 0.15) is 5.82 Å². The van der Waals surface area contributed by atoms with Crippen LogP contribution in [0.2, 0.25) is 0 Å². The number of hydrogen-bond acceptors (Lipinski definition) is 4. The van der Waals surface area contributed by atoms with Crippen molar-refractivity contribution < 1.29 is 4.79 Å². The fourth-order valence-electron chi connectivity index (χ4n) is 2.08. The van der Waals surface area contributed by atoms with E-state index in [1.807, 2.05) is 24.3 Å². The van der Waals surface area contributed by atoms with E-state index in [0.717, 1.165) is 17.3 Å². The molecule has 5 nitrogen and oxygen atoms in total. The van der Waals surface area contributed by atoms with E-state index in [-0.39, 0.29) is 11.3 Å². The Morgan fingerprint density at radius 1 is 1.29 bits per heavy atom. The number of pyridine rings is 1. The Morgan fingerprint density at radius 3 is 2.67 bits per heavy atom. The van der Waals surface area contributed by atoms with Gasteiger partial charge < -0.3 is 10.7 Å². The van der Waals surface area contributed by atoms with Crippen LogP contribution in [0.25, 0.3) is 10.9 Å². The molecule has 1 aromatic carbocycles. The standard InChI is InChI=1S/C16H22N4O/c1-16(2,3)8-9-18-15(21)12-10-14(20-17)19-13-7-5-4-6-11(12)13/h4-7,10H,8-9,17H2,1-3H3,(H,18,21)(H,19,20). The van der Waals surface area contributed by atoms with Gasteiger partial charge in [-0.1, -0.05) is 39.0 Å². The van der Waals surface area contributed by atoms with Gasteiger partial charge in [0.15, 0.2) is 0 Å². The predicted octanol–water partition coefficient (Wildman–Crippen LogP) is 2.69. The van der Waals surface area contributed by atoms with E-state index < -0.39 is 0 Å². The molecule has 0 fully saturated rings. The van der Waals surface area contributed by atoms with Crippen LogP contribution in [-0.4, -0.2) is 17.4 Å². The van der Waals surface area contributed by atoms with Crippen molar-refractivity contribution in [3.05, 3.63) is 35.9 Å². The molecule has 112 valence electrons. The van der Waals surface area contributed by atoms with Crippen molar-refractivity contribution in [2.75, 3.05) is 12.0 Å². The molecule has 2 aromatic rings. The number of hydrazine groups is 1. The van der Waals surface area contributed by atoms with Crippen LogP contribution in [0.1, 0.15) is 37.6 Å². The molecule has 0 spiro atoms. The second-order valence-corrected chi connectivity index (χ2v) is 6.28. The van der Waals surface area contributed by atoms with Gasteiger partial charge in [-0.25, -0.2) is 10.8 Å². The Labute approximate surface area is 124 Å². The van der Waals surface area contributed by atoms with Crippen LogP contribution < -0.4 is 16.6 Å². The highest BCUT2D eigenvalue weighted by molar-refractivity contribution is 6.06. The number of anilines is 1. The van der Waals surface area contributed by atoms with E-state index in [1.165, 1.54) is 0 Å². The second-order valence-electron chi connectivity index (χ2n) is 6.28. The van der Waals surface area contributed by atoms with E-state index >= 15 is 0 Å². The highest BCUT2D eigenvalue weighted by Crippen LogP contribution is 2.21. The topological polar surface area (TPSA) is 80.0 Å². The van der Waals surface area contributed by atoms with E-state index in [9.17, 15) is 4.79 Å². The maximum Gasteiger partial charge on any atom is 0.252 e. The second kappa shape index (κ2) is 6.10. The number of benzene rings is 1. The number of carbonyl (C=O) groups is 1. The van der Waals surface area contributed by atoms with Crippen LogP contribution >= 0.6 is 0 Å². The van der Waals surface area contributed by atoms with Crippen molar-refractivity contribution in [1.82, 2.24) is 10.3 Å². The molecule has 0 bridgehead atoms. The average Bonchev–Trinajstić information content (AvgIpc) is 2.44. The molecule has 2 rings (SSSR count). The number of para-hydroxylation sites is 1. The largest absolute Gasteiger partial charge is 0.352 e. The Morgan fingerprint density at radius 2 is 2.00 bits per heavy atom. The lowest BCUT2D eigenvalue weighted by atomic mass is 9.92. The first-order chi connectivity index (χ1) is 9.90. The number of aromatic nitrogens is 1. The molecule has 21 heavy (non-hydrogen) atoms. The number of nitrogen functional groups attached to an aromatic ring is 1. The van der Waals surface area contributed by atoms with Crippen LogP contribution in [0, 0.1) is 5.41 Å². The lowest BCUT2D eigenvalue weighted by Gasteiger charge is -2.18. The van der Waals surface area contributed by atoms with Crippen LogP contribution in [-0.2, 0) is 0 Å². The van der Waals surface area contributed by atoms with Crippen molar-refractivity contribution in [2.24, 2.45) is 11.3 Å². The monoisotopic (exact) mass is 286 g/mol. The fraction of sp³-hybridized carbons (Fsp3) is 0.375. The third-order valence-corrected chi connectivity index (χ3v) is 3.27. The van der Waals surface area contributed by atoms with Gasteiger partial charge in [0.25, 0.3) is 5.91 Å². The molecule has 0 saturated heterocycles. The first kappa shape index (κ1) is 15.3. The van der Waals surface area contributed by atoms with Crippen LogP contribution in [0.3, 0.4) is 0 Å². The third kappa shape index (κ3) is 3.92. The van der Waals surface area contributed by atoms with Crippen molar-refractivity contribution in [3.63, 3.8) is 0 Å². The summed E-state index contributed by atoms with van der Waals surface area (Å²) in [6.07, 6.45) is 0.920. The highest BCUT2D eigenvalue weighted by Gasteiger charge is 2.14. The number of nitrogens with two attached hydrogens (primary N) is 1. The molecule has 0 saturated carbocycles. The van der Waals surface area contributed by atoms with Gasteiger partial charge in [0.05, 0.1) is 11.1 Å². The lowest BCUT2D eigenvalue weighted by Crippen LogP contribution is -2.27. The summed E-state index contributed by atoms with van der Waals surface area (Å²) < 4.78 is 0. The van der Waals surface area contributed by atoms with Gasteiger partial charge in [-0.05, 0) is 24.0 Å². The number of carbonyl (C=O) groups excluding carboxylic acids is 1. The normalized spacial score (nSPS) is 11.4. The number of nitrogens with zero attached hydrogens (tertiary/aromatic N) is 1. The first-order valence-corrected chi connectivity index (χ1v) is 7.05. The van der Waals surface area contributed by atoms with Gasteiger partial charge in [-0.3, -0.25) is 4.79 Å². The average molecular weight is 286 g/mol. The minimum absolute atomic E-state index is 0.102. The smallest absolute Gasteiger partial charge is 0.252 e. The van der Waals surface area contributed by atoms with Crippen LogP contribution in [0.5, 0.6) is 0 Å². The summed E-state index contributed by atoms with van der Waals surface area (Å²) in [7, 11) is 0. The summed E-state index contributed by atoms with van der Waals surface area (Å²) in [5, 5.41) is 3.79. The number of rotatable bonds is 4. The highest BCUT2D eigenvalue weighted by atomic mass is 16.1. The van der Waals surface area contributed by atoms with Crippen molar-refractivity contribution in [2.45, 2.75) is 27.2 Å². The SMILES string of the molecule is CC(C)(C)CCNC(=O)c1cc(NN)nc2ccccc12. The molecule has 0 radical (unpaired) electrons. The molecule has 0 aliphatic rings. The fourth-order valence-corrected chi connectivity index (χ4v) is 2.08. The number of amides is 1. The molecular formula is C16H22N4O. The quantitative estimate of drug-likeness (QED) is 0.596. The van der Waals surface area contributed by atoms with Gasteiger partial charge in [0.2, 0.25) is 0 Å². The molecule has 1 amide bonds. The molecule has 0 unspecified atom stereocenters. The Hall–Kier alpha value is -2.14. The Balaban J connectivity index is 2.25. The van der Waals surface area contributed by atoms with Gasteiger partial charge in [-0.15, -0.1) is 0 Å². The molecule has 0 aliphatic carbocycles. The zero-order valence-corrected chi connectivity index (χ0v) is 12.7. The van der Waals surface area contributed by atoms with Crippen LogP contribution in [0.15, 0.2) is 30.3 Å². The Kier molecular flexibility index (Phi) is 4.43. The maximum absolute atomic E-state index is 12.4. The Bertz CT molecular complexity index is 646. The van der Waals surface area contributed by atoms with E-state index in [1.54, 1.807) is 6.07 Å². The summed E-state index contributed by atoms with van der Waals surface area (Å²) in [4.78, 5) is 16.7. The number of hydrogen-bond donors (Lipinski definition) is 3. The van der Waals surface area contributed by atoms with Crippen molar-refractivity contribution in [3.8, 4) is 0 Å². The molecular weight excluding hydrogens is 264 g/mol. The van der Waals surface area contributed by atoms with E-state index in [2.05, 4.69) is 36.5 Å². The number of nitrogens with one attached hydrogen (secondary N) is 2. The van der Waals surface area contributed by atoms with Gasteiger partial charge in [0, 0.05) is 11.9 Å². The first-order valence-electron chi connectivity index (χ1n) is 7.05. The van der Waals surface area contributed by atoms with Crippen molar-refractivity contribution in [1.29, 1.82) is 0 Å². The molecule has 5 heteroatoms. The number of fused-ring (bicyclic) bond motifs is 1. The van der Waals surface area contributed by atoms with E-state index in [4.69, 9.17) is 5.84 Å². The minimum atomic E-state index is -0.102. The molecule has 1 aromatic heterocycles. The van der Waals surface area contributed by atoms with Crippen LogP contribution in [0.4, 0.5) is 5.82 Å². The zero-order valence-electron chi connectivity index (χ0n) is 12.7. The molecule has 1 heterocycles. The molecule has 0 aliphatic heterocycles. The summed E-state index contributed by atoms with van der Waals surface area (Å²) in [5.74, 6) is 5.80. The summed E-state index contributed by atoms with van der Waals surface area (Å²) in [6, 6.07) is 9.21. The molecule has 0 atom stereocenters. The lowest BCUT2D eigenvalue weighted by molar-refractivity contribution is 0.0951. The predicted molar refractivity (Wildman–Crippen MR) is 86.0 cm³/mol. The minimum Gasteiger partial charge on any atom is -0.352 e. The van der Waals surface area contributed by atoms with Gasteiger partial charge >= 0.3 is 0 Å². The molecule has 4 N–H and O–H groups in total. The maximum atomic E-state index is 12.4. The third-order valence-electron chi connectivity index (χ3n) is 3.27. The summed E-state index contributed by atoms with van der Waals surface area (Å²) in [6.45, 7) is 7.09. The summed E-state index contributed by atoms with van der Waals surface area (Å²) >= 11 is 0. The van der Waals surface area contributed by atoms with Crippen molar-refractivity contribution >= 4 is 22.6 Å².